The first kappa shape index (κ1) is 24.6. The van der Waals surface area contributed by atoms with Crippen molar-refractivity contribution in [1.29, 1.82) is 0 Å². The maximum Gasteiger partial charge on any atom is 0.435 e. The zero-order chi connectivity index (χ0) is 23.9. The number of benzene rings is 2. The maximum atomic E-state index is 14.1. The average Bonchev–Trinajstić information content (AvgIpc) is 3.11. The SMILES string of the molecule is Cc1cc(C2=NOC(c3cc(Cl)cc(Cl)c3)(C(F)(F)F)C2)ccc1C(=S)NCC(F)(F)F. The summed E-state index contributed by atoms with van der Waals surface area (Å²) >= 11 is 16.8. The second-order valence-corrected chi connectivity index (χ2v) is 8.40. The van der Waals surface area contributed by atoms with Gasteiger partial charge < -0.3 is 10.2 Å². The van der Waals surface area contributed by atoms with Crippen LogP contribution < -0.4 is 5.32 Å². The van der Waals surface area contributed by atoms with Crippen molar-refractivity contribution in [2.45, 2.75) is 31.3 Å². The predicted molar refractivity (Wildman–Crippen MR) is 113 cm³/mol. The van der Waals surface area contributed by atoms with Crippen molar-refractivity contribution in [2.75, 3.05) is 6.54 Å². The average molecular weight is 515 g/mol. The molecule has 0 amide bonds. The van der Waals surface area contributed by atoms with Crippen LogP contribution in [0, 0.1) is 6.92 Å². The second-order valence-electron chi connectivity index (χ2n) is 7.12. The van der Waals surface area contributed by atoms with Gasteiger partial charge in [0.15, 0.2) is 0 Å². The van der Waals surface area contributed by atoms with E-state index in [4.69, 9.17) is 40.3 Å². The summed E-state index contributed by atoms with van der Waals surface area (Å²) in [5, 5.41) is 5.79. The lowest BCUT2D eigenvalue weighted by molar-refractivity contribution is -0.275. The van der Waals surface area contributed by atoms with Crippen LogP contribution in [0.1, 0.15) is 28.7 Å². The Hall–Kier alpha value is -2.04. The van der Waals surface area contributed by atoms with E-state index in [1.807, 2.05) is 0 Å². The van der Waals surface area contributed by atoms with Gasteiger partial charge in [0, 0.05) is 27.6 Å². The Morgan fingerprint density at radius 1 is 1.09 bits per heavy atom. The first-order valence-electron chi connectivity index (χ1n) is 8.96. The summed E-state index contributed by atoms with van der Waals surface area (Å²) in [6, 6.07) is 7.84. The molecule has 0 saturated carbocycles. The van der Waals surface area contributed by atoms with Gasteiger partial charge in [0.25, 0.3) is 5.60 Å². The largest absolute Gasteiger partial charge is 0.435 e. The number of aryl methyl sites for hydroxylation is 1. The zero-order valence-corrected chi connectivity index (χ0v) is 18.5. The van der Waals surface area contributed by atoms with E-state index >= 15 is 0 Å². The summed E-state index contributed by atoms with van der Waals surface area (Å²) in [6.45, 7) is 0.272. The first-order valence-corrected chi connectivity index (χ1v) is 10.1. The molecule has 32 heavy (non-hydrogen) atoms. The van der Waals surface area contributed by atoms with E-state index in [-0.39, 0.29) is 26.3 Å². The molecule has 3 rings (SSSR count). The first-order chi connectivity index (χ1) is 14.7. The third kappa shape index (κ3) is 5.13. The molecule has 0 saturated heterocycles. The molecule has 3 nitrogen and oxygen atoms in total. The number of oxime groups is 1. The summed E-state index contributed by atoms with van der Waals surface area (Å²) in [6.07, 6.45) is -9.94. The van der Waals surface area contributed by atoms with Crippen molar-refractivity contribution in [3.63, 3.8) is 0 Å². The molecule has 2 aromatic carbocycles. The predicted octanol–water partition coefficient (Wildman–Crippen LogP) is 6.71. The second kappa shape index (κ2) is 8.72. The number of hydrogen-bond donors (Lipinski definition) is 1. The van der Waals surface area contributed by atoms with Gasteiger partial charge in [-0.2, -0.15) is 26.3 Å². The molecule has 0 aromatic heterocycles. The molecule has 1 aliphatic rings. The third-order valence-corrected chi connectivity index (χ3v) is 5.57. The maximum absolute atomic E-state index is 14.1. The quantitative estimate of drug-likeness (QED) is 0.363. The summed E-state index contributed by atoms with van der Waals surface area (Å²) in [7, 11) is 0. The number of nitrogens with zero attached hydrogens (tertiary/aromatic N) is 1. The highest BCUT2D eigenvalue weighted by atomic mass is 35.5. The lowest BCUT2D eigenvalue weighted by Crippen LogP contribution is -2.42. The Kier molecular flexibility index (Phi) is 6.70. The minimum Gasteiger partial charge on any atom is -0.374 e. The molecular weight excluding hydrogens is 501 g/mol. The van der Waals surface area contributed by atoms with Crippen LogP contribution in [-0.4, -0.2) is 29.6 Å². The van der Waals surface area contributed by atoms with Crippen LogP contribution in [0.25, 0.3) is 0 Å². The van der Waals surface area contributed by atoms with E-state index in [1.54, 1.807) is 6.92 Å². The minimum atomic E-state index is -4.84. The lowest BCUT2D eigenvalue weighted by Gasteiger charge is -2.29. The number of thiocarbonyl (C=S) groups is 1. The van der Waals surface area contributed by atoms with Gasteiger partial charge in [0.05, 0.1) is 5.71 Å². The van der Waals surface area contributed by atoms with Gasteiger partial charge in [0.1, 0.15) is 11.5 Å². The van der Waals surface area contributed by atoms with Gasteiger partial charge in [0.2, 0.25) is 0 Å². The van der Waals surface area contributed by atoms with Crippen molar-refractivity contribution in [3.8, 4) is 0 Å². The van der Waals surface area contributed by atoms with Gasteiger partial charge in [-0.25, -0.2) is 0 Å². The zero-order valence-electron chi connectivity index (χ0n) is 16.2. The number of halogens is 8. The van der Waals surface area contributed by atoms with Crippen molar-refractivity contribution in [2.24, 2.45) is 5.16 Å². The fourth-order valence-corrected chi connectivity index (χ4v) is 4.05. The summed E-state index contributed by atoms with van der Waals surface area (Å²) in [5.74, 6) is 0. The van der Waals surface area contributed by atoms with E-state index in [0.29, 0.717) is 16.7 Å². The standard InChI is InChI=1S/C20H14Cl2F6N2OS/c1-10-4-11(2-3-15(10)17(32)29-9-19(23,24)25)16-8-18(31-30-16,20(26,27)28)12-5-13(21)7-14(22)6-12/h2-7H,8-9H2,1H3,(H,29,32). The van der Waals surface area contributed by atoms with Crippen LogP contribution in [0.15, 0.2) is 41.6 Å². The van der Waals surface area contributed by atoms with Crippen LogP contribution in [0.5, 0.6) is 0 Å². The molecular formula is C20H14Cl2F6N2OS. The number of alkyl halides is 6. The van der Waals surface area contributed by atoms with E-state index in [9.17, 15) is 26.3 Å². The molecule has 0 fully saturated rings. The minimum absolute atomic E-state index is 0.00208. The van der Waals surface area contributed by atoms with E-state index in [1.165, 1.54) is 24.3 Å². The Bertz CT molecular complexity index is 1070. The molecule has 1 aliphatic heterocycles. The van der Waals surface area contributed by atoms with Crippen molar-refractivity contribution >= 4 is 46.1 Å². The number of hydrogen-bond acceptors (Lipinski definition) is 3. The van der Waals surface area contributed by atoms with Crippen LogP contribution in [0.4, 0.5) is 26.3 Å². The number of nitrogens with one attached hydrogen (secondary N) is 1. The molecule has 1 N–H and O–H groups in total. The fraction of sp³-hybridized carbons (Fsp3) is 0.300. The molecule has 1 heterocycles. The molecule has 0 radical (unpaired) electrons. The summed E-state index contributed by atoms with van der Waals surface area (Å²) < 4.78 is 79.4. The lowest BCUT2D eigenvalue weighted by atomic mass is 9.86. The van der Waals surface area contributed by atoms with E-state index < -0.39 is 30.9 Å². The summed E-state index contributed by atoms with van der Waals surface area (Å²) in [5.41, 5.74) is -2.00. The van der Waals surface area contributed by atoms with E-state index in [0.717, 1.165) is 12.1 Å². The molecule has 12 heteroatoms. The highest BCUT2D eigenvalue weighted by molar-refractivity contribution is 7.80. The third-order valence-electron chi connectivity index (χ3n) is 4.77. The van der Waals surface area contributed by atoms with Gasteiger partial charge in [-0.1, -0.05) is 52.7 Å². The topological polar surface area (TPSA) is 33.6 Å². The van der Waals surface area contributed by atoms with Crippen LogP contribution >= 0.6 is 35.4 Å². The highest BCUT2D eigenvalue weighted by Crippen LogP contribution is 2.49. The Labute approximate surface area is 194 Å². The molecule has 1 unspecified atom stereocenters. The van der Waals surface area contributed by atoms with Crippen LogP contribution in [0.2, 0.25) is 10.0 Å². The monoisotopic (exact) mass is 514 g/mol. The summed E-state index contributed by atoms with van der Waals surface area (Å²) in [4.78, 5) is 4.81. The molecule has 0 bridgehead atoms. The number of rotatable bonds is 4. The molecule has 2 aromatic rings. The highest BCUT2D eigenvalue weighted by Gasteiger charge is 2.62. The molecule has 0 aliphatic carbocycles. The van der Waals surface area contributed by atoms with Gasteiger partial charge >= 0.3 is 12.4 Å². The van der Waals surface area contributed by atoms with Crippen molar-refractivity contribution in [3.05, 3.63) is 68.7 Å². The van der Waals surface area contributed by atoms with Crippen LogP contribution in [-0.2, 0) is 10.4 Å². The van der Waals surface area contributed by atoms with E-state index in [2.05, 4.69) is 10.5 Å². The van der Waals surface area contributed by atoms with Crippen molar-refractivity contribution in [1.82, 2.24) is 5.32 Å². The Balaban J connectivity index is 1.88. The normalized spacial score (nSPS) is 18.8. The Morgan fingerprint density at radius 2 is 1.72 bits per heavy atom. The molecule has 172 valence electrons. The molecule has 0 spiro atoms. The van der Waals surface area contributed by atoms with Crippen LogP contribution in [0.3, 0.4) is 0 Å². The molecule has 1 atom stereocenters. The Morgan fingerprint density at radius 3 is 2.25 bits per heavy atom. The van der Waals surface area contributed by atoms with Gasteiger partial charge in [-0.15, -0.1) is 0 Å². The fourth-order valence-electron chi connectivity index (χ4n) is 3.22. The van der Waals surface area contributed by atoms with Gasteiger partial charge in [-0.05, 0) is 42.3 Å². The smallest absolute Gasteiger partial charge is 0.374 e. The van der Waals surface area contributed by atoms with Gasteiger partial charge in [-0.3, -0.25) is 0 Å². The van der Waals surface area contributed by atoms with Crippen molar-refractivity contribution < 1.29 is 31.2 Å².